The Labute approximate surface area is 150 Å². The van der Waals surface area contributed by atoms with Gasteiger partial charge in [-0.15, -0.1) is 11.8 Å². The Kier molecular flexibility index (Phi) is 8.60. The van der Waals surface area contributed by atoms with Gasteiger partial charge in [-0.25, -0.2) is 0 Å². The summed E-state index contributed by atoms with van der Waals surface area (Å²) in [6, 6.07) is 3.92. The van der Waals surface area contributed by atoms with E-state index in [2.05, 4.69) is 11.9 Å². The summed E-state index contributed by atoms with van der Waals surface area (Å²) in [4.78, 5) is 18.6. The molecular weight excluding hydrogens is 320 g/mol. The number of thioether (sulfide) groups is 1. The minimum atomic E-state index is -0.00657. The maximum atomic E-state index is 12.7. The summed E-state index contributed by atoms with van der Waals surface area (Å²) in [6.07, 6.45) is 13.4. The molecule has 134 valence electrons. The third-order valence-electron chi connectivity index (χ3n) is 4.52. The van der Waals surface area contributed by atoms with Gasteiger partial charge in [-0.2, -0.15) is 0 Å². The summed E-state index contributed by atoms with van der Waals surface area (Å²) in [5, 5.41) is 9.31. The Morgan fingerprint density at radius 1 is 1.21 bits per heavy atom. The lowest BCUT2D eigenvalue weighted by atomic mass is 10.1. The fourth-order valence-electron chi connectivity index (χ4n) is 3.18. The van der Waals surface area contributed by atoms with Gasteiger partial charge in [0.15, 0.2) is 0 Å². The van der Waals surface area contributed by atoms with Crippen LogP contribution in [0.25, 0.3) is 0 Å². The molecule has 2 atom stereocenters. The Balaban J connectivity index is 1.82. The molecule has 0 radical (unpaired) electrons. The zero-order valence-electron chi connectivity index (χ0n) is 14.7. The topological polar surface area (TPSA) is 53.4 Å². The van der Waals surface area contributed by atoms with Crippen LogP contribution in [0.1, 0.15) is 69.2 Å². The number of β-amino-alcohol motifs (C(OH)–C–C–N with tert-alkyl or cyclic N) is 1. The molecule has 2 rings (SSSR count). The van der Waals surface area contributed by atoms with Crippen LogP contribution in [0.2, 0.25) is 0 Å². The quantitative estimate of drug-likeness (QED) is 0.609. The van der Waals surface area contributed by atoms with Gasteiger partial charge in [-0.05, 0) is 12.5 Å². The molecule has 1 aliphatic heterocycles. The van der Waals surface area contributed by atoms with Crippen molar-refractivity contribution >= 4 is 17.7 Å². The first-order valence-corrected chi connectivity index (χ1v) is 10.2. The van der Waals surface area contributed by atoms with Gasteiger partial charge < -0.3 is 10.0 Å². The number of amides is 1. The standard InChI is InChI=1S/C19H30N2O2S/c1-2-3-4-5-6-7-8-11-17-18(23)21(13-14-22)19(24-17)16-10-9-12-20-15-16/h9-10,12,15,17,19,22H,2-8,11,13-14H2,1H3. The fourth-order valence-corrected chi connectivity index (χ4v) is 4.70. The van der Waals surface area contributed by atoms with Crippen LogP contribution in [0.3, 0.4) is 0 Å². The molecular formula is C19H30N2O2S. The van der Waals surface area contributed by atoms with Crippen molar-refractivity contribution in [1.82, 2.24) is 9.88 Å². The van der Waals surface area contributed by atoms with Gasteiger partial charge >= 0.3 is 0 Å². The lowest BCUT2D eigenvalue weighted by Crippen LogP contribution is -2.33. The molecule has 0 aromatic carbocycles. The number of carbonyl (C=O) groups excluding carboxylic acids is 1. The summed E-state index contributed by atoms with van der Waals surface area (Å²) in [7, 11) is 0. The summed E-state index contributed by atoms with van der Waals surface area (Å²) >= 11 is 1.72. The normalized spacial score (nSPS) is 20.8. The van der Waals surface area contributed by atoms with Crippen molar-refractivity contribution in [3.8, 4) is 0 Å². The molecule has 2 heterocycles. The number of hydrogen-bond donors (Lipinski definition) is 1. The highest BCUT2D eigenvalue weighted by Crippen LogP contribution is 2.44. The van der Waals surface area contributed by atoms with E-state index in [-0.39, 0.29) is 23.1 Å². The Bertz CT molecular complexity index is 484. The molecule has 1 fully saturated rings. The molecule has 0 bridgehead atoms. The highest BCUT2D eigenvalue weighted by atomic mass is 32.2. The second-order valence-corrected chi connectivity index (χ2v) is 7.72. The lowest BCUT2D eigenvalue weighted by Gasteiger charge is -2.22. The van der Waals surface area contributed by atoms with E-state index in [1.54, 1.807) is 18.0 Å². The van der Waals surface area contributed by atoms with E-state index in [0.717, 1.165) is 18.4 Å². The molecule has 0 saturated carbocycles. The van der Waals surface area contributed by atoms with E-state index in [1.807, 2.05) is 23.2 Å². The SMILES string of the molecule is CCCCCCCCCC1SC(c2cccnc2)N(CCO)C1=O. The molecule has 1 N–H and O–H groups in total. The average molecular weight is 351 g/mol. The van der Waals surface area contributed by atoms with Crippen molar-refractivity contribution in [2.45, 2.75) is 68.9 Å². The van der Waals surface area contributed by atoms with Crippen LogP contribution >= 0.6 is 11.8 Å². The van der Waals surface area contributed by atoms with Gasteiger partial charge in [0, 0.05) is 24.5 Å². The van der Waals surface area contributed by atoms with Crippen molar-refractivity contribution in [2.24, 2.45) is 0 Å². The Morgan fingerprint density at radius 3 is 2.62 bits per heavy atom. The van der Waals surface area contributed by atoms with Crippen LogP contribution in [0.4, 0.5) is 0 Å². The van der Waals surface area contributed by atoms with Crippen LogP contribution in [0.5, 0.6) is 0 Å². The number of nitrogens with zero attached hydrogens (tertiary/aromatic N) is 2. The minimum absolute atomic E-state index is 0.00657. The summed E-state index contributed by atoms with van der Waals surface area (Å²) in [6.45, 7) is 2.64. The zero-order valence-corrected chi connectivity index (χ0v) is 15.5. The highest BCUT2D eigenvalue weighted by molar-refractivity contribution is 8.01. The van der Waals surface area contributed by atoms with Crippen molar-refractivity contribution < 1.29 is 9.90 Å². The number of aliphatic hydroxyl groups is 1. The number of rotatable bonds is 11. The van der Waals surface area contributed by atoms with Crippen LogP contribution in [-0.4, -0.2) is 39.3 Å². The first kappa shape index (κ1) is 19.3. The molecule has 1 aromatic rings. The monoisotopic (exact) mass is 350 g/mol. The fraction of sp³-hybridized carbons (Fsp3) is 0.684. The summed E-state index contributed by atoms with van der Waals surface area (Å²) < 4.78 is 0. The summed E-state index contributed by atoms with van der Waals surface area (Å²) in [5.41, 5.74) is 1.05. The molecule has 24 heavy (non-hydrogen) atoms. The second kappa shape index (κ2) is 10.7. The molecule has 2 unspecified atom stereocenters. The smallest absolute Gasteiger partial charge is 0.237 e. The number of pyridine rings is 1. The molecule has 1 aliphatic rings. The predicted octanol–water partition coefficient (Wildman–Crippen LogP) is 4.16. The van der Waals surface area contributed by atoms with E-state index < -0.39 is 0 Å². The summed E-state index contributed by atoms with van der Waals surface area (Å²) in [5.74, 6) is 0.175. The van der Waals surface area contributed by atoms with Gasteiger partial charge in [-0.3, -0.25) is 9.78 Å². The minimum Gasteiger partial charge on any atom is -0.395 e. The largest absolute Gasteiger partial charge is 0.395 e. The van der Waals surface area contributed by atoms with Crippen LogP contribution in [-0.2, 0) is 4.79 Å². The van der Waals surface area contributed by atoms with E-state index in [4.69, 9.17) is 0 Å². The van der Waals surface area contributed by atoms with Gasteiger partial charge in [0.05, 0.1) is 11.9 Å². The average Bonchev–Trinajstić information content (AvgIpc) is 2.92. The molecule has 1 aromatic heterocycles. The third kappa shape index (κ3) is 5.49. The van der Waals surface area contributed by atoms with Gasteiger partial charge in [0.2, 0.25) is 5.91 Å². The number of aliphatic hydroxyl groups excluding tert-OH is 1. The molecule has 0 spiro atoms. The van der Waals surface area contributed by atoms with Gasteiger partial charge in [0.25, 0.3) is 0 Å². The molecule has 0 aliphatic carbocycles. The molecule has 5 heteroatoms. The third-order valence-corrected chi connectivity index (χ3v) is 6.07. The van der Waals surface area contributed by atoms with Crippen molar-refractivity contribution in [2.75, 3.05) is 13.2 Å². The van der Waals surface area contributed by atoms with E-state index in [0.29, 0.717) is 6.54 Å². The molecule has 4 nitrogen and oxygen atoms in total. The highest BCUT2D eigenvalue weighted by Gasteiger charge is 2.40. The first-order chi connectivity index (χ1) is 11.8. The number of carbonyl (C=O) groups is 1. The first-order valence-electron chi connectivity index (χ1n) is 9.24. The van der Waals surface area contributed by atoms with Gasteiger partial charge in [-0.1, -0.05) is 57.9 Å². The van der Waals surface area contributed by atoms with Crippen LogP contribution in [0.15, 0.2) is 24.5 Å². The van der Waals surface area contributed by atoms with Crippen molar-refractivity contribution in [3.05, 3.63) is 30.1 Å². The van der Waals surface area contributed by atoms with Crippen LogP contribution < -0.4 is 0 Å². The van der Waals surface area contributed by atoms with E-state index in [1.165, 1.54) is 38.5 Å². The zero-order chi connectivity index (χ0) is 17.2. The number of hydrogen-bond acceptors (Lipinski definition) is 4. The van der Waals surface area contributed by atoms with E-state index >= 15 is 0 Å². The number of unbranched alkanes of at least 4 members (excludes halogenated alkanes) is 6. The number of aromatic nitrogens is 1. The molecule has 1 amide bonds. The second-order valence-electron chi connectivity index (χ2n) is 6.43. The maximum Gasteiger partial charge on any atom is 0.237 e. The maximum absolute atomic E-state index is 12.7. The Hall–Kier alpha value is -1.07. The van der Waals surface area contributed by atoms with Crippen molar-refractivity contribution in [3.63, 3.8) is 0 Å². The van der Waals surface area contributed by atoms with Crippen molar-refractivity contribution in [1.29, 1.82) is 0 Å². The van der Waals surface area contributed by atoms with Crippen LogP contribution in [0, 0.1) is 0 Å². The van der Waals surface area contributed by atoms with E-state index in [9.17, 15) is 9.90 Å². The van der Waals surface area contributed by atoms with Gasteiger partial charge in [0.1, 0.15) is 5.37 Å². The lowest BCUT2D eigenvalue weighted by molar-refractivity contribution is -0.130. The molecule has 1 saturated heterocycles. The predicted molar refractivity (Wildman–Crippen MR) is 99.8 cm³/mol. The Morgan fingerprint density at radius 2 is 1.96 bits per heavy atom.